The Morgan fingerprint density at radius 1 is 1.12 bits per heavy atom. The number of hydrogen-bond donors (Lipinski definition) is 0. The third-order valence-corrected chi connectivity index (χ3v) is 4.23. The quantitative estimate of drug-likeness (QED) is 0.703. The lowest BCUT2D eigenvalue weighted by atomic mass is 9.81. The van der Waals surface area contributed by atoms with Crippen LogP contribution in [-0.2, 0) is 6.42 Å². The van der Waals surface area contributed by atoms with Crippen molar-refractivity contribution in [3.8, 4) is 0 Å². The van der Waals surface area contributed by atoms with Crippen LogP contribution in [0.15, 0.2) is 23.2 Å². The predicted octanol–water partition coefficient (Wildman–Crippen LogP) is 4.27. The highest BCUT2D eigenvalue weighted by molar-refractivity contribution is 6.30. The number of hydrogen-bond acceptors (Lipinski definition) is 1. The SMILES string of the molecule is Clc1ccc2c(c1)CCN=C2C1CCCCC1. The van der Waals surface area contributed by atoms with Crippen molar-refractivity contribution in [3.05, 3.63) is 34.3 Å². The largest absolute Gasteiger partial charge is 0.288 e. The number of nitrogens with zero attached hydrogens (tertiary/aromatic N) is 1. The van der Waals surface area contributed by atoms with Crippen LogP contribution >= 0.6 is 11.6 Å². The highest BCUT2D eigenvalue weighted by Crippen LogP contribution is 2.31. The molecule has 0 radical (unpaired) electrons. The molecule has 0 saturated heterocycles. The molecule has 90 valence electrons. The molecule has 1 aliphatic heterocycles. The first-order valence-corrected chi connectivity index (χ1v) is 7.05. The van der Waals surface area contributed by atoms with E-state index in [1.165, 1.54) is 48.9 Å². The van der Waals surface area contributed by atoms with Gasteiger partial charge in [-0.1, -0.05) is 36.9 Å². The molecule has 3 rings (SSSR count). The summed E-state index contributed by atoms with van der Waals surface area (Å²) in [4.78, 5) is 4.80. The minimum atomic E-state index is 0.698. The Labute approximate surface area is 108 Å². The molecule has 1 heterocycles. The summed E-state index contributed by atoms with van der Waals surface area (Å²) < 4.78 is 0. The number of rotatable bonds is 1. The standard InChI is InChI=1S/C15H18ClN/c16-13-6-7-14-12(10-13)8-9-17-15(14)11-4-2-1-3-5-11/h6-7,10-11H,1-5,8-9H2. The molecular weight excluding hydrogens is 230 g/mol. The summed E-state index contributed by atoms with van der Waals surface area (Å²) in [6.45, 7) is 0.944. The Morgan fingerprint density at radius 2 is 1.94 bits per heavy atom. The van der Waals surface area contributed by atoms with Crippen molar-refractivity contribution in [2.75, 3.05) is 6.54 Å². The van der Waals surface area contributed by atoms with Crippen LogP contribution in [-0.4, -0.2) is 12.3 Å². The summed E-state index contributed by atoms with van der Waals surface area (Å²) in [5.41, 5.74) is 4.13. The summed E-state index contributed by atoms with van der Waals surface area (Å²) in [6.07, 6.45) is 7.82. The average molecular weight is 248 g/mol. The molecule has 2 aliphatic rings. The van der Waals surface area contributed by atoms with E-state index in [4.69, 9.17) is 16.6 Å². The van der Waals surface area contributed by atoms with E-state index in [9.17, 15) is 0 Å². The van der Waals surface area contributed by atoms with Crippen molar-refractivity contribution in [1.29, 1.82) is 0 Å². The minimum absolute atomic E-state index is 0.698. The molecule has 0 aromatic heterocycles. The van der Waals surface area contributed by atoms with E-state index < -0.39 is 0 Å². The zero-order valence-electron chi connectivity index (χ0n) is 10.1. The Balaban J connectivity index is 1.93. The molecule has 1 nitrogen and oxygen atoms in total. The van der Waals surface area contributed by atoms with Gasteiger partial charge in [0.05, 0.1) is 0 Å². The van der Waals surface area contributed by atoms with Gasteiger partial charge < -0.3 is 0 Å². The summed E-state index contributed by atoms with van der Waals surface area (Å²) >= 11 is 6.07. The van der Waals surface area contributed by atoms with Crippen molar-refractivity contribution in [2.45, 2.75) is 38.5 Å². The van der Waals surface area contributed by atoms with E-state index in [2.05, 4.69) is 12.1 Å². The smallest absolute Gasteiger partial charge is 0.0454 e. The Hall–Kier alpha value is -0.820. The molecule has 17 heavy (non-hydrogen) atoms. The Bertz CT molecular complexity index is 444. The zero-order chi connectivity index (χ0) is 11.7. The Kier molecular flexibility index (Phi) is 3.19. The van der Waals surface area contributed by atoms with Gasteiger partial charge in [0, 0.05) is 23.2 Å². The molecule has 0 spiro atoms. The van der Waals surface area contributed by atoms with E-state index in [1.807, 2.05) is 6.07 Å². The highest BCUT2D eigenvalue weighted by Gasteiger charge is 2.24. The first-order chi connectivity index (χ1) is 8.34. The van der Waals surface area contributed by atoms with Gasteiger partial charge in [-0.25, -0.2) is 0 Å². The molecule has 1 aromatic rings. The highest BCUT2D eigenvalue weighted by atomic mass is 35.5. The molecule has 0 amide bonds. The van der Waals surface area contributed by atoms with Crippen LogP contribution < -0.4 is 0 Å². The molecule has 1 aliphatic carbocycles. The van der Waals surface area contributed by atoms with Crippen molar-refractivity contribution in [1.82, 2.24) is 0 Å². The van der Waals surface area contributed by atoms with E-state index >= 15 is 0 Å². The lowest BCUT2D eigenvalue weighted by Crippen LogP contribution is -2.23. The van der Waals surface area contributed by atoms with Crippen LogP contribution in [0.25, 0.3) is 0 Å². The maximum absolute atomic E-state index is 6.07. The van der Waals surface area contributed by atoms with Crippen molar-refractivity contribution >= 4 is 17.3 Å². The molecule has 1 aromatic carbocycles. The predicted molar refractivity (Wildman–Crippen MR) is 73.1 cm³/mol. The normalized spacial score (nSPS) is 20.9. The van der Waals surface area contributed by atoms with Crippen LogP contribution in [0.4, 0.5) is 0 Å². The third kappa shape index (κ3) is 2.26. The monoisotopic (exact) mass is 247 g/mol. The van der Waals surface area contributed by atoms with Gasteiger partial charge in [0.1, 0.15) is 0 Å². The second-order valence-corrected chi connectivity index (χ2v) is 5.59. The minimum Gasteiger partial charge on any atom is -0.288 e. The summed E-state index contributed by atoms with van der Waals surface area (Å²) in [5.74, 6) is 0.698. The fourth-order valence-corrected chi connectivity index (χ4v) is 3.32. The van der Waals surface area contributed by atoms with Crippen LogP contribution in [0.3, 0.4) is 0 Å². The summed E-state index contributed by atoms with van der Waals surface area (Å²) in [5, 5.41) is 0.855. The van der Waals surface area contributed by atoms with Gasteiger partial charge in [-0.3, -0.25) is 4.99 Å². The van der Waals surface area contributed by atoms with Gasteiger partial charge in [0.25, 0.3) is 0 Å². The molecule has 0 N–H and O–H groups in total. The lowest BCUT2D eigenvalue weighted by molar-refractivity contribution is 0.438. The van der Waals surface area contributed by atoms with Crippen LogP contribution in [0, 0.1) is 5.92 Å². The van der Waals surface area contributed by atoms with Gasteiger partial charge in [0.2, 0.25) is 0 Å². The fourth-order valence-electron chi connectivity index (χ4n) is 3.13. The van der Waals surface area contributed by atoms with Crippen LogP contribution in [0.1, 0.15) is 43.2 Å². The first kappa shape index (κ1) is 11.3. The van der Waals surface area contributed by atoms with Crippen molar-refractivity contribution < 1.29 is 0 Å². The second-order valence-electron chi connectivity index (χ2n) is 5.15. The molecule has 0 bridgehead atoms. The molecule has 2 heteroatoms. The second kappa shape index (κ2) is 4.81. The fraction of sp³-hybridized carbons (Fsp3) is 0.533. The van der Waals surface area contributed by atoms with E-state index in [-0.39, 0.29) is 0 Å². The van der Waals surface area contributed by atoms with Crippen molar-refractivity contribution in [2.24, 2.45) is 10.9 Å². The van der Waals surface area contributed by atoms with Gasteiger partial charge in [-0.2, -0.15) is 0 Å². The van der Waals surface area contributed by atoms with Gasteiger partial charge in [0.15, 0.2) is 0 Å². The number of benzene rings is 1. The number of aliphatic imine (C=N–C) groups is 1. The lowest BCUT2D eigenvalue weighted by Gasteiger charge is -2.27. The third-order valence-electron chi connectivity index (χ3n) is 4.00. The number of halogens is 1. The molecule has 0 atom stereocenters. The average Bonchev–Trinajstić information content (AvgIpc) is 2.39. The van der Waals surface area contributed by atoms with Gasteiger partial charge >= 0.3 is 0 Å². The summed E-state index contributed by atoms with van der Waals surface area (Å²) in [6, 6.07) is 6.29. The molecule has 1 saturated carbocycles. The van der Waals surface area contributed by atoms with Gasteiger partial charge in [-0.15, -0.1) is 0 Å². The Morgan fingerprint density at radius 3 is 2.76 bits per heavy atom. The molecule has 0 unspecified atom stereocenters. The molecular formula is C15H18ClN. The van der Waals surface area contributed by atoms with Gasteiger partial charge in [-0.05, 0) is 42.5 Å². The topological polar surface area (TPSA) is 12.4 Å². The van der Waals surface area contributed by atoms with Crippen LogP contribution in [0.2, 0.25) is 5.02 Å². The van der Waals surface area contributed by atoms with E-state index in [1.54, 1.807) is 0 Å². The maximum Gasteiger partial charge on any atom is 0.0454 e. The summed E-state index contributed by atoms with van der Waals surface area (Å²) in [7, 11) is 0. The maximum atomic E-state index is 6.07. The molecule has 1 fully saturated rings. The van der Waals surface area contributed by atoms with E-state index in [0.29, 0.717) is 5.92 Å². The zero-order valence-corrected chi connectivity index (χ0v) is 10.8. The van der Waals surface area contributed by atoms with Crippen LogP contribution in [0.5, 0.6) is 0 Å². The van der Waals surface area contributed by atoms with Crippen molar-refractivity contribution in [3.63, 3.8) is 0 Å². The number of fused-ring (bicyclic) bond motifs is 1. The first-order valence-electron chi connectivity index (χ1n) is 6.68. The van der Waals surface area contributed by atoms with E-state index in [0.717, 1.165) is 18.0 Å².